The third kappa shape index (κ3) is 2.90. The average Bonchev–Trinajstić information content (AvgIpc) is 1.87. The summed E-state index contributed by atoms with van der Waals surface area (Å²) in [5, 5.41) is 2.51. The molecule has 52 valence electrons. The number of nitrogens with one attached hydrogen (secondary N) is 1. The predicted octanol–water partition coefficient (Wildman–Crippen LogP) is 1.09. The first-order valence-electron chi connectivity index (χ1n) is 3.12. The molecule has 0 aliphatic carbocycles. The van der Waals surface area contributed by atoms with E-state index >= 15 is 0 Å². The molecule has 0 saturated heterocycles. The van der Waals surface area contributed by atoms with Crippen LogP contribution in [0.25, 0.3) is 0 Å². The molecule has 9 heavy (non-hydrogen) atoms. The first kappa shape index (κ1) is 8.21. The average molecular weight is 127 g/mol. The molecular formula is C7H13NO. The van der Waals surface area contributed by atoms with Crippen LogP contribution >= 0.6 is 0 Å². The Bertz CT molecular complexity index is 118. The van der Waals surface area contributed by atoms with E-state index in [2.05, 4.69) is 11.9 Å². The Hall–Kier alpha value is -0.790. The highest BCUT2D eigenvalue weighted by molar-refractivity contribution is 5.92. The van der Waals surface area contributed by atoms with Gasteiger partial charge in [-0.05, 0) is 6.42 Å². The number of amides is 1. The van der Waals surface area contributed by atoms with E-state index in [-0.39, 0.29) is 5.91 Å². The minimum atomic E-state index is -0.0446. The van der Waals surface area contributed by atoms with Crippen molar-refractivity contribution in [1.82, 2.24) is 5.32 Å². The highest BCUT2D eigenvalue weighted by Gasteiger charge is 2.00. The predicted molar refractivity (Wildman–Crippen MR) is 38.1 cm³/mol. The van der Waals surface area contributed by atoms with Gasteiger partial charge in [0.2, 0.25) is 5.91 Å². The van der Waals surface area contributed by atoms with Gasteiger partial charge in [0, 0.05) is 12.6 Å². The van der Waals surface area contributed by atoms with Crippen molar-refractivity contribution in [3.8, 4) is 0 Å². The van der Waals surface area contributed by atoms with Crippen molar-refractivity contribution in [2.45, 2.75) is 19.8 Å². The molecule has 1 N–H and O–H groups in total. The summed E-state index contributed by atoms with van der Waals surface area (Å²) in [6.07, 6.45) is 1.77. The van der Waals surface area contributed by atoms with Crippen LogP contribution in [0, 0.1) is 0 Å². The smallest absolute Gasteiger partial charge is 0.246 e. The molecule has 0 saturated carbocycles. The first-order valence-corrected chi connectivity index (χ1v) is 3.12. The summed E-state index contributed by atoms with van der Waals surface area (Å²) in [5.41, 5.74) is 0.667. The van der Waals surface area contributed by atoms with E-state index in [9.17, 15) is 4.79 Å². The molecule has 0 unspecified atom stereocenters. The summed E-state index contributed by atoms with van der Waals surface area (Å²) in [4.78, 5) is 10.7. The Balaban J connectivity index is 3.60. The molecular weight excluding hydrogens is 114 g/mol. The Morgan fingerprint density at radius 1 is 1.67 bits per heavy atom. The van der Waals surface area contributed by atoms with Crippen molar-refractivity contribution in [1.29, 1.82) is 0 Å². The molecule has 0 atom stereocenters. The maximum absolute atomic E-state index is 10.7. The third-order valence-corrected chi connectivity index (χ3v) is 1.10. The Morgan fingerprint density at radius 3 is 2.56 bits per heavy atom. The van der Waals surface area contributed by atoms with Crippen molar-refractivity contribution in [3.05, 3.63) is 12.2 Å². The number of carbonyl (C=O) groups excluding carboxylic acids is 1. The van der Waals surface area contributed by atoms with E-state index in [1.807, 2.05) is 6.92 Å². The summed E-state index contributed by atoms with van der Waals surface area (Å²) >= 11 is 0. The highest BCUT2D eigenvalue weighted by atomic mass is 16.1. The fourth-order valence-electron chi connectivity index (χ4n) is 0.592. The molecule has 0 heterocycles. The molecule has 0 fully saturated rings. The van der Waals surface area contributed by atoms with E-state index in [0.29, 0.717) is 5.57 Å². The summed E-state index contributed by atoms with van der Waals surface area (Å²) < 4.78 is 0. The molecule has 0 aliphatic rings. The van der Waals surface area contributed by atoms with Crippen LogP contribution in [0.4, 0.5) is 0 Å². The Kier molecular flexibility index (Phi) is 3.76. The summed E-state index contributed by atoms with van der Waals surface area (Å²) in [5.74, 6) is -0.0446. The molecule has 0 aliphatic heterocycles. The zero-order valence-corrected chi connectivity index (χ0v) is 6.03. The standard InChI is InChI=1S/C7H13NO/c1-4-5-6(2)7(9)8-3/h2,4-5H2,1,3H3,(H,8,9). The largest absolute Gasteiger partial charge is 0.355 e. The molecule has 0 aromatic heterocycles. The molecule has 0 bridgehead atoms. The monoisotopic (exact) mass is 127 g/mol. The van der Waals surface area contributed by atoms with E-state index in [1.54, 1.807) is 7.05 Å². The number of likely N-dealkylation sites (N-methyl/N-ethyl adjacent to an activating group) is 1. The quantitative estimate of drug-likeness (QED) is 0.565. The van der Waals surface area contributed by atoms with Crippen LogP contribution in [0.5, 0.6) is 0 Å². The maximum atomic E-state index is 10.7. The van der Waals surface area contributed by atoms with Gasteiger partial charge in [-0.2, -0.15) is 0 Å². The van der Waals surface area contributed by atoms with Gasteiger partial charge in [0.1, 0.15) is 0 Å². The van der Waals surface area contributed by atoms with Gasteiger partial charge in [-0.1, -0.05) is 19.9 Å². The second-order valence-corrected chi connectivity index (χ2v) is 1.93. The van der Waals surface area contributed by atoms with Crippen LogP contribution in [0.3, 0.4) is 0 Å². The zero-order chi connectivity index (χ0) is 7.28. The fourth-order valence-corrected chi connectivity index (χ4v) is 0.592. The first-order chi connectivity index (χ1) is 4.22. The Labute approximate surface area is 56.0 Å². The molecule has 0 aromatic rings. The van der Waals surface area contributed by atoms with Gasteiger partial charge < -0.3 is 5.32 Å². The number of hydrogen-bond donors (Lipinski definition) is 1. The lowest BCUT2D eigenvalue weighted by Gasteiger charge is -1.99. The lowest BCUT2D eigenvalue weighted by atomic mass is 10.2. The normalized spacial score (nSPS) is 8.67. The molecule has 0 aromatic carbocycles. The summed E-state index contributed by atoms with van der Waals surface area (Å²) in [6.45, 7) is 5.63. The minimum absolute atomic E-state index is 0.0446. The molecule has 0 spiro atoms. The van der Waals surface area contributed by atoms with Gasteiger partial charge in [0.15, 0.2) is 0 Å². The molecule has 0 radical (unpaired) electrons. The van der Waals surface area contributed by atoms with Crippen LogP contribution < -0.4 is 5.32 Å². The second-order valence-electron chi connectivity index (χ2n) is 1.93. The van der Waals surface area contributed by atoms with Gasteiger partial charge in [0.05, 0.1) is 0 Å². The number of rotatable bonds is 3. The second kappa shape index (κ2) is 4.13. The third-order valence-electron chi connectivity index (χ3n) is 1.10. The van der Waals surface area contributed by atoms with Crippen molar-refractivity contribution in [2.75, 3.05) is 7.05 Å². The number of carbonyl (C=O) groups is 1. The SMILES string of the molecule is C=C(CCC)C(=O)NC. The van der Waals surface area contributed by atoms with E-state index in [4.69, 9.17) is 0 Å². The van der Waals surface area contributed by atoms with Gasteiger partial charge in [-0.25, -0.2) is 0 Å². The summed E-state index contributed by atoms with van der Waals surface area (Å²) in [6, 6.07) is 0. The van der Waals surface area contributed by atoms with Gasteiger partial charge in [-0.15, -0.1) is 0 Å². The van der Waals surface area contributed by atoms with Crippen molar-refractivity contribution in [3.63, 3.8) is 0 Å². The van der Waals surface area contributed by atoms with Gasteiger partial charge in [0.25, 0.3) is 0 Å². The summed E-state index contributed by atoms with van der Waals surface area (Å²) in [7, 11) is 1.61. The zero-order valence-electron chi connectivity index (χ0n) is 6.03. The van der Waals surface area contributed by atoms with Gasteiger partial charge >= 0.3 is 0 Å². The molecule has 0 rings (SSSR count). The van der Waals surface area contributed by atoms with Crippen LogP contribution in [0.15, 0.2) is 12.2 Å². The maximum Gasteiger partial charge on any atom is 0.246 e. The Morgan fingerprint density at radius 2 is 2.22 bits per heavy atom. The van der Waals surface area contributed by atoms with Crippen LogP contribution in [0.1, 0.15) is 19.8 Å². The van der Waals surface area contributed by atoms with Crippen molar-refractivity contribution >= 4 is 5.91 Å². The van der Waals surface area contributed by atoms with E-state index < -0.39 is 0 Å². The van der Waals surface area contributed by atoms with Crippen LogP contribution in [0.2, 0.25) is 0 Å². The van der Waals surface area contributed by atoms with Crippen molar-refractivity contribution in [2.24, 2.45) is 0 Å². The van der Waals surface area contributed by atoms with Crippen molar-refractivity contribution < 1.29 is 4.79 Å². The van der Waals surface area contributed by atoms with Gasteiger partial charge in [-0.3, -0.25) is 4.79 Å². The molecule has 2 heteroatoms. The fraction of sp³-hybridized carbons (Fsp3) is 0.571. The topological polar surface area (TPSA) is 29.1 Å². The van der Waals surface area contributed by atoms with Crippen LogP contribution in [-0.4, -0.2) is 13.0 Å². The lowest BCUT2D eigenvalue weighted by Crippen LogP contribution is -2.19. The number of hydrogen-bond acceptors (Lipinski definition) is 1. The highest BCUT2D eigenvalue weighted by Crippen LogP contribution is 1.99. The molecule has 1 amide bonds. The molecule has 2 nitrogen and oxygen atoms in total. The van der Waals surface area contributed by atoms with Crippen LogP contribution in [-0.2, 0) is 4.79 Å². The lowest BCUT2D eigenvalue weighted by molar-refractivity contribution is -0.117. The van der Waals surface area contributed by atoms with E-state index in [0.717, 1.165) is 12.8 Å². The minimum Gasteiger partial charge on any atom is -0.355 e. The van der Waals surface area contributed by atoms with E-state index in [1.165, 1.54) is 0 Å².